The topological polar surface area (TPSA) is 42.2 Å². The number of carbonyl (C=O) groups excluding carboxylic acids is 1. The van der Waals surface area contributed by atoms with Gasteiger partial charge < -0.3 is 9.73 Å². The minimum Gasteiger partial charge on any atom is -0.465 e. The van der Waals surface area contributed by atoms with Crippen molar-refractivity contribution in [3.63, 3.8) is 0 Å². The number of rotatable bonds is 3. The zero-order chi connectivity index (χ0) is 12.6. The summed E-state index contributed by atoms with van der Waals surface area (Å²) in [4.78, 5) is 11.8. The Bertz CT molecular complexity index is 373. The van der Waals surface area contributed by atoms with Gasteiger partial charge in [-0.2, -0.15) is 0 Å². The summed E-state index contributed by atoms with van der Waals surface area (Å²) in [5.41, 5.74) is 0. The van der Waals surface area contributed by atoms with Crippen LogP contribution in [0.1, 0.15) is 50.7 Å². The van der Waals surface area contributed by atoms with E-state index in [2.05, 4.69) is 5.32 Å². The van der Waals surface area contributed by atoms with Crippen LogP contribution >= 0.6 is 0 Å². The maximum atomic E-state index is 11.8. The molecule has 1 aliphatic rings. The van der Waals surface area contributed by atoms with Gasteiger partial charge in [0.05, 0.1) is 6.26 Å². The summed E-state index contributed by atoms with van der Waals surface area (Å²) >= 11 is 0. The number of hydrogen-bond acceptors (Lipinski definition) is 2. The van der Waals surface area contributed by atoms with Crippen molar-refractivity contribution in [2.75, 3.05) is 0 Å². The average molecular weight is 247 g/mol. The summed E-state index contributed by atoms with van der Waals surface area (Å²) in [5.74, 6) is 0.694. The molecule has 1 aliphatic carbocycles. The molecule has 0 radical (unpaired) electrons. The first-order valence-electron chi connectivity index (χ1n) is 6.87. The van der Waals surface area contributed by atoms with Gasteiger partial charge in [0.1, 0.15) is 5.76 Å². The zero-order valence-electron chi connectivity index (χ0n) is 10.7. The van der Waals surface area contributed by atoms with Gasteiger partial charge in [-0.15, -0.1) is 0 Å². The fraction of sp³-hybridized carbons (Fsp3) is 0.533. The van der Waals surface area contributed by atoms with Crippen LogP contribution in [0.5, 0.6) is 0 Å². The van der Waals surface area contributed by atoms with Crippen LogP contribution in [0.25, 0.3) is 6.08 Å². The first-order valence-corrected chi connectivity index (χ1v) is 6.87. The van der Waals surface area contributed by atoms with Crippen LogP contribution in [0.4, 0.5) is 0 Å². The van der Waals surface area contributed by atoms with E-state index >= 15 is 0 Å². The van der Waals surface area contributed by atoms with E-state index in [1.807, 2.05) is 12.1 Å². The minimum absolute atomic E-state index is 0.0167. The van der Waals surface area contributed by atoms with E-state index in [9.17, 15) is 4.79 Å². The summed E-state index contributed by atoms with van der Waals surface area (Å²) in [5, 5.41) is 3.08. The van der Waals surface area contributed by atoms with Crippen molar-refractivity contribution in [3.8, 4) is 0 Å². The quantitative estimate of drug-likeness (QED) is 0.830. The van der Waals surface area contributed by atoms with Crippen molar-refractivity contribution in [2.24, 2.45) is 0 Å². The molecule has 1 saturated carbocycles. The van der Waals surface area contributed by atoms with Crippen molar-refractivity contribution < 1.29 is 9.21 Å². The second-order valence-corrected chi connectivity index (χ2v) is 4.90. The molecule has 0 bridgehead atoms. The molecule has 98 valence electrons. The normalized spacial score (nSPS) is 18.4. The SMILES string of the molecule is O=C(/C=C/c1ccco1)NC1CCCCCCC1. The fourth-order valence-electron chi connectivity index (χ4n) is 2.39. The number of furan rings is 1. The third-order valence-electron chi connectivity index (χ3n) is 3.39. The predicted molar refractivity (Wildman–Crippen MR) is 72.0 cm³/mol. The maximum absolute atomic E-state index is 11.8. The molecule has 1 fully saturated rings. The van der Waals surface area contributed by atoms with Gasteiger partial charge >= 0.3 is 0 Å². The maximum Gasteiger partial charge on any atom is 0.244 e. The average Bonchev–Trinajstić information content (AvgIpc) is 2.83. The van der Waals surface area contributed by atoms with Gasteiger partial charge in [0.25, 0.3) is 0 Å². The fourth-order valence-corrected chi connectivity index (χ4v) is 2.39. The monoisotopic (exact) mass is 247 g/mol. The van der Waals surface area contributed by atoms with E-state index in [1.54, 1.807) is 18.4 Å². The minimum atomic E-state index is -0.0167. The number of carbonyl (C=O) groups is 1. The third kappa shape index (κ3) is 4.40. The van der Waals surface area contributed by atoms with Gasteiger partial charge in [0.15, 0.2) is 0 Å². The lowest BCUT2D eigenvalue weighted by atomic mass is 9.97. The second kappa shape index (κ2) is 7.04. The molecule has 1 aromatic rings. The highest BCUT2D eigenvalue weighted by molar-refractivity contribution is 5.91. The lowest BCUT2D eigenvalue weighted by Gasteiger charge is -2.20. The Balaban J connectivity index is 1.78. The Morgan fingerprint density at radius 1 is 1.22 bits per heavy atom. The second-order valence-electron chi connectivity index (χ2n) is 4.90. The van der Waals surface area contributed by atoms with Gasteiger partial charge in [0, 0.05) is 12.1 Å². The molecule has 0 atom stereocenters. The predicted octanol–water partition coefficient (Wildman–Crippen LogP) is 3.52. The Labute approximate surface area is 108 Å². The highest BCUT2D eigenvalue weighted by atomic mass is 16.3. The summed E-state index contributed by atoms with van der Waals surface area (Å²) in [6.45, 7) is 0. The molecular weight excluding hydrogens is 226 g/mol. The van der Waals surface area contributed by atoms with Crippen LogP contribution in [0.3, 0.4) is 0 Å². The van der Waals surface area contributed by atoms with Gasteiger partial charge in [-0.1, -0.05) is 32.1 Å². The van der Waals surface area contributed by atoms with E-state index in [0.717, 1.165) is 12.8 Å². The first kappa shape index (κ1) is 12.9. The molecule has 18 heavy (non-hydrogen) atoms. The lowest BCUT2D eigenvalue weighted by Crippen LogP contribution is -2.34. The van der Waals surface area contributed by atoms with Crippen molar-refractivity contribution in [3.05, 3.63) is 30.2 Å². The van der Waals surface area contributed by atoms with Crippen LogP contribution in [-0.4, -0.2) is 11.9 Å². The molecule has 0 spiro atoms. The summed E-state index contributed by atoms with van der Waals surface area (Å²) in [6, 6.07) is 3.99. The molecule has 1 amide bonds. The van der Waals surface area contributed by atoms with E-state index in [-0.39, 0.29) is 5.91 Å². The molecule has 3 nitrogen and oxygen atoms in total. The van der Waals surface area contributed by atoms with Crippen LogP contribution < -0.4 is 5.32 Å². The molecule has 2 rings (SSSR count). The smallest absolute Gasteiger partial charge is 0.244 e. The highest BCUT2D eigenvalue weighted by Gasteiger charge is 2.12. The highest BCUT2D eigenvalue weighted by Crippen LogP contribution is 2.17. The van der Waals surface area contributed by atoms with Gasteiger partial charge in [-0.3, -0.25) is 4.79 Å². The number of hydrogen-bond donors (Lipinski definition) is 1. The molecule has 1 N–H and O–H groups in total. The van der Waals surface area contributed by atoms with Gasteiger partial charge in [0.2, 0.25) is 5.91 Å². The standard InChI is InChI=1S/C15H21NO2/c17-15(11-10-14-9-6-12-18-14)16-13-7-4-2-1-3-5-8-13/h6,9-13H,1-5,7-8H2,(H,16,17)/b11-10+. The van der Waals surface area contributed by atoms with Crippen molar-refractivity contribution in [1.29, 1.82) is 0 Å². The van der Waals surface area contributed by atoms with Crippen molar-refractivity contribution >= 4 is 12.0 Å². The zero-order valence-corrected chi connectivity index (χ0v) is 10.7. The Morgan fingerprint density at radius 2 is 1.94 bits per heavy atom. The number of nitrogens with one attached hydrogen (secondary N) is 1. The van der Waals surface area contributed by atoms with E-state index in [4.69, 9.17) is 4.42 Å². The van der Waals surface area contributed by atoms with E-state index in [1.165, 1.54) is 32.1 Å². The summed E-state index contributed by atoms with van der Waals surface area (Å²) in [7, 11) is 0. The van der Waals surface area contributed by atoms with Crippen molar-refractivity contribution in [1.82, 2.24) is 5.32 Å². The molecule has 0 unspecified atom stereocenters. The molecule has 0 aromatic carbocycles. The van der Waals surface area contributed by atoms with Crippen LogP contribution in [-0.2, 0) is 4.79 Å². The van der Waals surface area contributed by atoms with E-state index in [0.29, 0.717) is 11.8 Å². The Morgan fingerprint density at radius 3 is 2.61 bits per heavy atom. The van der Waals surface area contributed by atoms with Crippen LogP contribution in [0.15, 0.2) is 28.9 Å². The summed E-state index contributed by atoms with van der Waals surface area (Å²) < 4.78 is 5.14. The van der Waals surface area contributed by atoms with Gasteiger partial charge in [-0.05, 0) is 31.1 Å². The molecule has 1 heterocycles. The van der Waals surface area contributed by atoms with Gasteiger partial charge in [-0.25, -0.2) is 0 Å². The van der Waals surface area contributed by atoms with Crippen molar-refractivity contribution in [2.45, 2.75) is 51.0 Å². The third-order valence-corrected chi connectivity index (χ3v) is 3.39. The number of amides is 1. The Kier molecular flexibility index (Phi) is 5.06. The molecule has 0 saturated heterocycles. The molecular formula is C15H21NO2. The van der Waals surface area contributed by atoms with Crippen LogP contribution in [0.2, 0.25) is 0 Å². The molecule has 3 heteroatoms. The lowest BCUT2D eigenvalue weighted by molar-refractivity contribution is -0.117. The molecule has 0 aliphatic heterocycles. The Hall–Kier alpha value is -1.51. The summed E-state index contributed by atoms with van der Waals surface area (Å²) in [6.07, 6.45) is 13.5. The largest absolute Gasteiger partial charge is 0.465 e. The molecule has 1 aromatic heterocycles. The first-order chi connectivity index (χ1) is 8.84. The van der Waals surface area contributed by atoms with E-state index < -0.39 is 0 Å². The van der Waals surface area contributed by atoms with Crippen LogP contribution in [0, 0.1) is 0 Å².